The lowest BCUT2D eigenvalue weighted by atomic mass is 10.2. The predicted molar refractivity (Wildman–Crippen MR) is 41.1 cm³/mol. The lowest BCUT2D eigenvalue weighted by molar-refractivity contribution is -0.132. The highest BCUT2D eigenvalue weighted by molar-refractivity contribution is 7.03. The third-order valence-electron chi connectivity index (χ3n) is 1.02. The Bertz CT molecular complexity index is 349. The molecule has 0 unspecified atom stereocenters. The van der Waals surface area contributed by atoms with Gasteiger partial charge in [-0.25, -0.2) is 4.79 Å². The molecule has 60 valence electrons. The number of rotatable bonds is 2. The summed E-state index contributed by atoms with van der Waals surface area (Å²) in [7, 11) is 0. The monoisotopic (exact) mass is 181 g/mol. The molecular weight excluding hydrogens is 178 g/mol. The topological polar surface area (TPSA) is 86.9 Å². The smallest absolute Gasteiger partial charge is 0.346 e. The minimum absolute atomic E-state index is 0.345. The summed E-state index contributed by atoms with van der Waals surface area (Å²) in [5, 5.41) is 21.9. The molecular formula is C6H3N3O2S. The van der Waals surface area contributed by atoms with Crippen molar-refractivity contribution in [1.82, 2.24) is 9.59 Å². The molecule has 1 rings (SSSR count). The number of aliphatic carboxylic acids is 1. The van der Waals surface area contributed by atoms with E-state index in [9.17, 15) is 4.79 Å². The van der Waals surface area contributed by atoms with Gasteiger partial charge in [0.2, 0.25) is 0 Å². The predicted octanol–water partition coefficient (Wildman–Crippen LogP) is 0.530. The molecule has 0 fully saturated rings. The Labute approximate surface area is 71.7 Å². The number of aromatic nitrogens is 2. The first-order chi connectivity index (χ1) is 5.74. The molecule has 5 nitrogen and oxygen atoms in total. The van der Waals surface area contributed by atoms with Crippen molar-refractivity contribution in [3.05, 3.63) is 16.6 Å². The summed E-state index contributed by atoms with van der Waals surface area (Å²) in [6.07, 6.45) is 1.17. The van der Waals surface area contributed by atoms with Crippen molar-refractivity contribution in [2.24, 2.45) is 0 Å². The maximum atomic E-state index is 10.3. The molecule has 1 aromatic heterocycles. The van der Waals surface area contributed by atoms with Gasteiger partial charge >= 0.3 is 5.97 Å². The number of hydrogen-bond donors (Lipinski definition) is 1. The Hall–Kier alpha value is -1.74. The van der Waals surface area contributed by atoms with Crippen LogP contribution in [0.4, 0.5) is 0 Å². The zero-order chi connectivity index (χ0) is 8.97. The minimum Gasteiger partial charge on any atom is -0.477 e. The number of nitriles is 1. The number of nitrogens with zero attached hydrogens (tertiary/aromatic N) is 3. The van der Waals surface area contributed by atoms with Crippen molar-refractivity contribution in [3.8, 4) is 6.07 Å². The summed E-state index contributed by atoms with van der Waals surface area (Å²) in [5.74, 6) is -1.26. The molecule has 0 saturated heterocycles. The highest BCUT2D eigenvalue weighted by Crippen LogP contribution is 2.04. The van der Waals surface area contributed by atoms with Crippen LogP contribution < -0.4 is 0 Å². The highest BCUT2D eigenvalue weighted by atomic mass is 32.1. The van der Waals surface area contributed by atoms with Crippen LogP contribution in [0.5, 0.6) is 0 Å². The van der Waals surface area contributed by atoms with Crippen LogP contribution in [0.1, 0.15) is 5.69 Å². The van der Waals surface area contributed by atoms with Crippen LogP contribution in [0.3, 0.4) is 0 Å². The summed E-state index contributed by atoms with van der Waals surface area (Å²) in [6.45, 7) is 0. The Morgan fingerprint density at radius 2 is 2.58 bits per heavy atom. The molecule has 0 aliphatic carbocycles. The molecule has 0 saturated carbocycles. The average molecular weight is 181 g/mol. The fourth-order valence-corrected chi connectivity index (χ4v) is 0.936. The molecule has 0 aromatic carbocycles. The normalized spacial score (nSPS) is 10.8. The standard InChI is InChI=1S/C6H3N3O2S/c7-2-4(6(10)11)1-5-3-12-9-8-5/h1,3H,(H,10,11)/b4-1+. The van der Waals surface area contributed by atoms with Crippen molar-refractivity contribution in [2.45, 2.75) is 0 Å². The summed E-state index contributed by atoms with van der Waals surface area (Å²) < 4.78 is 3.51. The van der Waals surface area contributed by atoms with Crippen molar-refractivity contribution >= 4 is 23.6 Å². The molecule has 6 heteroatoms. The molecule has 0 aliphatic heterocycles. The zero-order valence-corrected chi connectivity index (χ0v) is 6.58. The molecule has 0 spiro atoms. The van der Waals surface area contributed by atoms with E-state index in [4.69, 9.17) is 10.4 Å². The minimum atomic E-state index is -1.26. The fourth-order valence-electron chi connectivity index (χ4n) is 0.524. The Kier molecular flexibility index (Phi) is 2.50. The Morgan fingerprint density at radius 3 is 3.00 bits per heavy atom. The maximum absolute atomic E-state index is 10.3. The van der Waals surface area contributed by atoms with E-state index < -0.39 is 5.97 Å². The van der Waals surface area contributed by atoms with E-state index >= 15 is 0 Å². The van der Waals surface area contributed by atoms with Crippen LogP contribution in [0.15, 0.2) is 11.0 Å². The number of carboxylic acid groups (broad SMARTS) is 1. The largest absolute Gasteiger partial charge is 0.477 e. The van der Waals surface area contributed by atoms with Gasteiger partial charge in [0.15, 0.2) is 0 Å². The second-order valence-electron chi connectivity index (χ2n) is 1.80. The van der Waals surface area contributed by atoms with E-state index in [1.54, 1.807) is 5.38 Å². The van der Waals surface area contributed by atoms with Crippen LogP contribution in [0.2, 0.25) is 0 Å². The molecule has 0 aliphatic rings. The molecule has 1 aromatic rings. The van der Waals surface area contributed by atoms with Crippen LogP contribution in [-0.2, 0) is 4.79 Å². The van der Waals surface area contributed by atoms with Gasteiger partial charge in [-0.05, 0) is 17.6 Å². The average Bonchev–Trinajstić information content (AvgIpc) is 2.51. The number of hydrogen-bond acceptors (Lipinski definition) is 5. The van der Waals surface area contributed by atoms with Gasteiger partial charge in [0.1, 0.15) is 11.6 Å². The SMILES string of the molecule is N#C/C(=C\c1csnn1)C(=O)O. The Balaban J connectivity index is 2.95. The molecule has 0 amide bonds. The highest BCUT2D eigenvalue weighted by Gasteiger charge is 2.05. The van der Waals surface area contributed by atoms with Gasteiger partial charge in [-0.3, -0.25) is 0 Å². The molecule has 1 N–H and O–H groups in total. The summed E-state index contributed by atoms with van der Waals surface area (Å²) in [6, 6.07) is 1.54. The quantitative estimate of drug-likeness (QED) is 0.531. The molecule has 0 radical (unpaired) electrons. The molecule has 0 bridgehead atoms. The molecule has 1 heterocycles. The number of carbonyl (C=O) groups is 1. The lowest BCUT2D eigenvalue weighted by Gasteiger charge is -1.85. The van der Waals surface area contributed by atoms with Gasteiger partial charge < -0.3 is 5.11 Å². The molecule has 0 atom stereocenters. The van der Waals surface area contributed by atoms with E-state index in [1.165, 1.54) is 12.1 Å². The van der Waals surface area contributed by atoms with E-state index in [0.717, 1.165) is 11.5 Å². The first-order valence-corrected chi connectivity index (χ1v) is 3.70. The second kappa shape index (κ2) is 3.59. The first-order valence-electron chi connectivity index (χ1n) is 2.86. The van der Waals surface area contributed by atoms with E-state index in [2.05, 4.69) is 9.59 Å². The van der Waals surface area contributed by atoms with Crippen molar-refractivity contribution in [2.75, 3.05) is 0 Å². The van der Waals surface area contributed by atoms with E-state index in [-0.39, 0.29) is 5.57 Å². The summed E-state index contributed by atoms with van der Waals surface area (Å²) in [4.78, 5) is 10.3. The first kappa shape index (κ1) is 8.36. The van der Waals surface area contributed by atoms with Crippen LogP contribution >= 0.6 is 11.5 Å². The fraction of sp³-hybridized carbons (Fsp3) is 0. The van der Waals surface area contributed by atoms with E-state index in [0.29, 0.717) is 5.69 Å². The Morgan fingerprint density at radius 1 is 1.83 bits per heavy atom. The van der Waals surface area contributed by atoms with Crippen molar-refractivity contribution in [3.63, 3.8) is 0 Å². The maximum Gasteiger partial charge on any atom is 0.346 e. The van der Waals surface area contributed by atoms with Crippen LogP contribution in [0, 0.1) is 11.3 Å². The van der Waals surface area contributed by atoms with Gasteiger partial charge in [0.05, 0.1) is 5.69 Å². The van der Waals surface area contributed by atoms with Gasteiger partial charge in [-0.2, -0.15) is 5.26 Å². The van der Waals surface area contributed by atoms with Gasteiger partial charge in [0, 0.05) is 5.38 Å². The zero-order valence-electron chi connectivity index (χ0n) is 5.76. The van der Waals surface area contributed by atoms with Crippen LogP contribution in [0.25, 0.3) is 6.08 Å². The molecule has 12 heavy (non-hydrogen) atoms. The summed E-state index contributed by atoms with van der Waals surface area (Å²) in [5.41, 5.74) is 0.0432. The number of carboxylic acids is 1. The summed E-state index contributed by atoms with van der Waals surface area (Å²) >= 11 is 1.10. The van der Waals surface area contributed by atoms with Gasteiger partial charge in [-0.1, -0.05) is 4.49 Å². The third-order valence-corrected chi connectivity index (χ3v) is 1.54. The van der Waals surface area contributed by atoms with E-state index in [1.807, 2.05) is 0 Å². The van der Waals surface area contributed by atoms with Crippen LogP contribution in [-0.4, -0.2) is 20.7 Å². The van der Waals surface area contributed by atoms with Gasteiger partial charge in [0.25, 0.3) is 0 Å². The van der Waals surface area contributed by atoms with Crippen molar-refractivity contribution in [1.29, 1.82) is 5.26 Å². The lowest BCUT2D eigenvalue weighted by Crippen LogP contribution is -1.97. The van der Waals surface area contributed by atoms with Gasteiger partial charge in [-0.15, -0.1) is 5.10 Å². The third kappa shape index (κ3) is 1.87. The second-order valence-corrected chi connectivity index (χ2v) is 2.41. The van der Waals surface area contributed by atoms with Crippen molar-refractivity contribution < 1.29 is 9.90 Å².